The molecule has 2 aliphatic heterocycles. The zero-order chi connectivity index (χ0) is 18.3. The Kier molecular flexibility index (Phi) is 5.79. The maximum atomic E-state index is 13.1. The molecule has 2 aromatic carbocycles. The van der Waals surface area contributed by atoms with E-state index in [2.05, 4.69) is 16.8 Å². The summed E-state index contributed by atoms with van der Waals surface area (Å²) in [4.78, 5) is 5.21. The molecule has 146 valence electrons. The van der Waals surface area contributed by atoms with Gasteiger partial charge in [0.25, 0.3) is 0 Å². The maximum Gasteiger partial charge on any atom is 0.206 e. The molecular weight excluding hydrogens is 387 g/mol. The molecule has 0 radical (unpaired) electrons. The third-order valence-corrected chi connectivity index (χ3v) is 7.31. The predicted octanol–water partition coefficient (Wildman–Crippen LogP) is 3.54. The van der Waals surface area contributed by atoms with Gasteiger partial charge >= 0.3 is 0 Å². The third kappa shape index (κ3) is 3.84. The van der Waals surface area contributed by atoms with Crippen molar-refractivity contribution in [1.82, 2.24) is 4.90 Å². The van der Waals surface area contributed by atoms with E-state index in [9.17, 15) is 12.8 Å². The highest BCUT2D eigenvalue weighted by atomic mass is 35.5. The normalized spacial score (nSPS) is 18.2. The highest BCUT2D eigenvalue weighted by Crippen LogP contribution is 2.35. The third-order valence-electron chi connectivity index (χ3n) is 5.55. The molecule has 0 atom stereocenters. The van der Waals surface area contributed by atoms with E-state index in [4.69, 9.17) is 0 Å². The molecule has 7 heteroatoms. The topological polar surface area (TPSA) is 40.6 Å². The van der Waals surface area contributed by atoms with Crippen molar-refractivity contribution in [2.24, 2.45) is 0 Å². The van der Waals surface area contributed by atoms with Crippen LogP contribution < -0.4 is 4.90 Å². The van der Waals surface area contributed by atoms with Crippen molar-refractivity contribution in [1.29, 1.82) is 0 Å². The summed E-state index contributed by atoms with van der Waals surface area (Å²) in [5.41, 5.74) is 2.25. The number of halogens is 2. The summed E-state index contributed by atoms with van der Waals surface area (Å²) in [7, 11) is -1.47. The number of piperidine rings is 1. The molecule has 1 fully saturated rings. The van der Waals surface area contributed by atoms with E-state index >= 15 is 0 Å². The van der Waals surface area contributed by atoms with Gasteiger partial charge in [-0.05, 0) is 87.4 Å². The Bertz CT molecular complexity index is 910. The van der Waals surface area contributed by atoms with E-state index in [0.717, 1.165) is 50.1 Å². The van der Waals surface area contributed by atoms with Crippen molar-refractivity contribution in [3.05, 3.63) is 53.8 Å². The lowest BCUT2D eigenvalue weighted by Crippen LogP contribution is -2.43. The van der Waals surface area contributed by atoms with Crippen molar-refractivity contribution in [2.75, 3.05) is 31.6 Å². The lowest BCUT2D eigenvalue weighted by atomic mass is 10.0. The number of hydrogen-bond acceptors (Lipinski definition) is 4. The van der Waals surface area contributed by atoms with Gasteiger partial charge in [-0.3, -0.25) is 0 Å². The molecule has 2 aliphatic rings. The summed E-state index contributed by atoms with van der Waals surface area (Å²) in [6.07, 6.45) is 3.16. The first kappa shape index (κ1) is 20.1. The fraction of sp³-hybridized carbons (Fsp3) is 0.400. The summed E-state index contributed by atoms with van der Waals surface area (Å²) in [5, 5.41) is 0. The van der Waals surface area contributed by atoms with Crippen LogP contribution in [0.3, 0.4) is 0 Å². The van der Waals surface area contributed by atoms with Crippen molar-refractivity contribution < 1.29 is 12.8 Å². The molecule has 0 aliphatic carbocycles. The summed E-state index contributed by atoms with van der Waals surface area (Å²) < 4.78 is 38.7. The molecule has 4 nitrogen and oxygen atoms in total. The quantitative estimate of drug-likeness (QED) is 0.726. The molecule has 0 N–H and O–H groups in total. The monoisotopic (exact) mass is 410 g/mol. The van der Waals surface area contributed by atoms with Crippen LogP contribution in [0.25, 0.3) is 0 Å². The predicted molar refractivity (Wildman–Crippen MR) is 107 cm³/mol. The molecule has 4 rings (SSSR count). The minimum atomic E-state index is -3.62. The van der Waals surface area contributed by atoms with E-state index in [0.29, 0.717) is 6.04 Å². The molecule has 0 spiro atoms. The zero-order valence-corrected chi connectivity index (χ0v) is 16.9. The molecule has 0 bridgehead atoms. The molecule has 0 amide bonds. The lowest BCUT2D eigenvalue weighted by molar-refractivity contribution is 0.251. The molecule has 0 aromatic heterocycles. The molecular formula is C20H24ClFN2O2S. The van der Waals surface area contributed by atoms with Crippen LogP contribution in [-0.2, 0) is 16.3 Å². The molecule has 2 heterocycles. The van der Waals surface area contributed by atoms with Gasteiger partial charge in [-0.25, -0.2) is 12.8 Å². The number of likely N-dealkylation sites (tertiary alicyclic amines) is 1. The molecule has 2 aromatic rings. The van der Waals surface area contributed by atoms with Crippen molar-refractivity contribution in [3.8, 4) is 0 Å². The number of nitrogens with zero attached hydrogens (tertiary/aromatic N) is 2. The van der Waals surface area contributed by atoms with Crippen LogP contribution in [0, 0.1) is 5.82 Å². The van der Waals surface area contributed by atoms with Gasteiger partial charge in [0.05, 0.1) is 9.79 Å². The van der Waals surface area contributed by atoms with Gasteiger partial charge in [-0.1, -0.05) is 0 Å². The Morgan fingerprint density at radius 1 is 0.963 bits per heavy atom. The number of anilines is 1. The Hall–Kier alpha value is -1.63. The maximum absolute atomic E-state index is 13.1. The standard InChI is InChI=1S/C20H23FN2O2S.ClH/c1-22-11-9-17(10-12-22)23-13-8-15-14-19(6-7-20(15)23)26(24,25)18-4-2-16(21)3-5-18;/h2-7,14,17H,8-13H2,1H3;1H. The van der Waals surface area contributed by atoms with Crippen molar-refractivity contribution in [2.45, 2.75) is 35.1 Å². The second kappa shape index (κ2) is 7.78. The van der Waals surface area contributed by atoms with Gasteiger partial charge in [0.1, 0.15) is 5.82 Å². The van der Waals surface area contributed by atoms with E-state index < -0.39 is 15.7 Å². The van der Waals surface area contributed by atoms with Gasteiger partial charge in [-0.2, -0.15) is 0 Å². The number of sulfone groups is 1. The van der Waals surface area contributed by atoms with Crippen LogP contribution in [0.1, 0.15) is 18.4 Å². The first-order valence-corrected chi connectivity index (χ1v) is 10.5. The Morgan fingerprint density at radius 2 is 1.59 bits per heavy atom. The molecule has 0 unspecified atom stereocenters. The molecule has 0 saturated carbocycles. The summed E-state index contributed by atoms with van der Waals surface area (Å²) >= 11 is 0. The fourth-order valence-electron chi connectivity index (χ4n) is 4.01. The Balaban J connectivity index is 0.00000210. The number of fused-ring (bicyclic) bond motifs is 1. The van der Waals surface area contributed by atoms with Crippen LogP contribution in [0.4, 0.5) is 10.1 Å². The lowest BCUT2D eigenvalue weighted by Gasteiger charge is -2.36. The summed E-state index contributed by atoms with van der Waals surface area (Å²) in [5.74, 6) is -0.438. The average Bonchev–Trinajstić information content (AvgIpc) is 3.06. The van der Waals surface area contributed by atoms with Crippen molar-refractivity contribution >= 4 is 27.9 Å². The SMILES string of the molecule is CN1CCC(N2CCc3cc(S(=O)(=O)c4ccc(F)cc4)ccc32)CC1.Cl. The highest BCUT2D eigenvalue weighted by molar-refractivity contribution is 7.91. The van der Waals surface area contributed by atoms with Crippen LogP contribution in [-0.4, -0.2) is 46.0 Å². The smallest absolute Gasteiger partial charge is 0.206 e. The van der Waals surface area contributed by atoms with Gasteiger partial charge in [0.2, 0.25) is 9.84 Å². The second-order valence-corrected chi connectivity index (χ2v) is 9.18. The van der Waals surface area contributed by atoms with E-state index in [-0.39, 0.29) is 22.2 Å². The largest absolute Gasteiger partial charge is 0.368 e. The van der Waals surface area contributed by atoms with Crippen LogP contribution in [0.5, 0.6) is 0 Å². The van der Waals surface area contributed by atoms with Crippen molar-refractivity contribution in [3.63, 3.8) is 0 Å². The fourth-order valence-corrected chi connectivity index (χ4v) is 5.32. The van der Waals surface area contributed by atoms with Crippen LogP contribution >= 0.6 is 12.4 Å². The first-order chi connectivity index (χ1) is 12.4. The van der Waals surface area contributed by atoms with Crippen LogP contribution in [0.15, 0.2) is 52.3 Å². The molecule has 27 heavy (non-hydrogen) atoms. The second-order valence-electron chi connectivity index (χ2n) is 7.23. The molecule has 1 saturated heterocycles. The minimum absolute atomic E-state index is 0. The number of hydrogen-bond donors (Lipinski definition) is 0. The van der Waals surface area contributed by atoms with Gasteiger partial charge in [0, 0.05) is 18.3 Å². The van der Waals surface area contributed by atoms with Gasteiger partial charge < -0.3 is 9.80 Å². The van der Waals surface area contributed by atoms with E-state index in [1.165, 1.54) is 24.3 Å². The average molecular weight is 411 g/mol. The van der Waals surface area contributed by atoms with Gasteiger partial charge in [0.15, 0.2) is 0 Å². The Labute approximate surface area is 166 Å². The summed E-state index contributed by atoms with van der Waals surface area (Å²) in [6, 6.07) is 11.0. The minimum Gasteiger partial charge on any atom is -0.368 e. The summed E-state index contributed by atoms with van der Waals surface area (Å²) in [6.45, 7) is 3.16. The number of benzene rings is 2. The number of rotatable bonds is 3. The zero-order valence-electron chi connectivity index (χ0n) is 15.3. The first-order valence-electron chi connectivity index (χ1n) is 9.04. The van der Waals surface area contributed by atoms with E-state index in [1.807, 2.05) is 6.07 Å². The highest BCUT2D eigenvalue weighted by Gasteiger charge is 2.29. The van der Waals surface area contributed by atoms with E-state index in [1.54, 1.807) is 12.1 Å². The van der Waals surface area contributed by atoms with Crippen LogP contribution in [0.2, 0.25) is 0 Å². The Morgan fingerprint density at radius 3 is 2.26 bits per heavy atom. The van der Waals surface area contributed by atoms with Gasteiger partial charge in [-0.15, -0.1) is 12.4 Å².